The highest BCUT2D eigenvalue weighted by molar-refractivity contribution is 6.31. The zero-order valence-corrected chi connectivity index (χ0v) is 14.4. The van der Waals surface area contributed by atoms with Gasteiger partial charge < -0.3 is 15.0 Å². The Kier molecular flexibility index (Phi) is 5.44. The molecular weight excluding hydrogens is 312 g/mol. The molecule has 2 fully saturated rings. The first-order valence-corrected chi connectivity index (χ1v) is 8.94. The molecule has 4 nitrogen and oxygen atoms in total. The van der Waals surface area contributed by atoms with Crippen LogP contribution in [-0.2, 0) is 4.79 Å². The lowest BCUT2D eigenvalue weighted by atomic mass is 10.1. The average molecular weight is 337 g/mol. The average Bonchev–Trinajstić information content (AvgIpc) is 2.80. The summed E-state index contributed by atoms with van der Waals surface area (Å²) in [6.45, 7) is 4.50. The molecule has 0 saturated carbocycles. The molecule has 23 heavy (non-hydrogen) atoms. The second kappa shape index (κ2) is 7.54. The third-order valence-corrected chi connectivity index (χ3v) is 5.30. The number of rotatable bonds is 5. The smallest absolute Gasteiger partial charge is 0.223 e. The molecule has 0 aliphatic carbocycles. The summed E-state index contributed by atoms with van der Waals surface area (Å²) in [6.07, 6.45) is 4.72. The molecule has 2 aliphatic rings. The molecule has 1 aromatic rings. The lowest BCUT2D eigenvalue weighted by Gasteiger charge is -2.28. The number of benzene rings is 1. The van der Waals surface area contributed by atoms with E-state index in [9.17, 15) is 4.79 Å². The van der Waals surface area contributed by atoms with Crippen LogP contribution in [0.4, 0.5) is 0 Å². The summed E-state index contributed by atoms with van der Waals surface area (Å²) in [5.41, 5.74) is 1.01. The minimum atomic E-state index is 0.289. The number of fused-ring (bicyclic) bond motifs is 2. The van der Waals surface area contributed by atoms with Gasteiger partial charge in [-0.25, -0.2) is 0 Å². The van der Waals surface area contributed by atoms with Gasteiger partial charge in [0.1, 0.15) is 5.75 Å². The molecular formula is C18H25ClN2O2. The molecule has 2 bridgehead atoms. The van der Waals surface area contributed by atoms with Crippen LogP contribution in [0.3, 0.4) is 0 Å². The molecule has 2 unspecified atom stereocenters. The van der Waals surface area contributed by atoms with E-state index in [1.54, 1.807) is 0 Å². The van der Waals surface area contributed by atoms with Crippen molar-refractivity contribution in [1.82, 2.24) is 10.2 Å². The highest BCUT2D eigenvalue weighted by Crippen LogP contribution is 2.28. The SMILES string of the molecule is Cc1cc(OCCCC(=O)N2C3CCNCC2CC3)ccc1Cl. The Bertz CT molecular complexity index is 550. The van der Waals surface area contributed by atoms with Crippen LogP contribution in [0.2, 0.25) is 5.02 Å². The van der Waals surface area contributed by atoms with Gasteiger partial charge in [0.2, 0.25) is 5.91 Å². The van der Waals surface area contributed by atoms with Gasteiger partial charge in [-0.15, -0.1) is 0 Å². The van der Waals surface area contributed by atoms with Crippen LogP contribution in [-0.4, -0.2) is 42.6 Å². The van der Waals surface area contributed by atoms with Crippen LogP contribution in [0.15, 0.2) is 18.2 Å². The van der Waals surface area contributed by atoms with Gasteiger partial charge in [-0.1, -0.05) is 11.6 Å². The van der Waals surface area contributed by atoms with E-state index in [1.807, 2.05) is 25.1 Å². The van der Waals surface area contributed by atoms with Crippen LogP contribution >= 0.6 is 11.6 Å². The Morgan fingerprint density at radius 3 is 3.00 bits per heavy atom. The van der Waals surface area contributed by atoms with Gasteiger partial charge in [-0.2, -0.15) is 0 Å². The molecule has 1 aromatic carbocycles. The van der Waals surface area contributed by atoms with E-state index < -0.39 is 0 Å². The number of ether oxygens (including phenoxy) is 1. The fourth-order valence-electron chi connectivity index (χ4n) is 3.64. The zero-order valence-electron chi connectivity index (χ0n) is 13.7. The maximum atomic E-state index is 12.5. The maximum Gasteiger partial charge on any atom is 0.223 e. The monoisotopic (exact) mass is 336 g/mol. The molecule has 126 valence electrons. The highest BCUT2D eigenvalue weighted by Gasteiger charge is 2.37. The molecule has 3 rings (SSSR count). The number of nitrogens with one attached hydrogen (secondary N) is 1. The number of carbonyl (C=O) groups is 1. The van der Waals surface area contributed by atoms with E-state index in [1.165, 1.54) is 6.42 Å². The second-order valence-corrected chi connectivity index (χ2v) is 6.95. The summed E-state index contributed by atoms with van der Waals surface area (Å²) >= 11 is 6.01. The van der Waals surface area contributed by atoms with Crippen molar-refractivity contribution in [2.75, 3.05) is 19.7 Å². The zero-order chi connectivity index (χ0) is 16.2. The number of hydrogen-bond acceptors (Lipinski definition) is 3. The van der Waals surface area contributed by atoms with Crippen molar-refractivity contribution in [2.24, 2.45) is 0 Å². The number of amides is 1. The third-order valence-electron chi connectivity index (χ3n) is 4.88. The number of carbonyl (C=O) groups excluding carboxylic acids is 1. The molecule has 1 N–H and O–H groups in total. The molecule has 1 amide bonds. The summed E-state index contributed by atoms with van der Waals surface area (Å²) in [5, 5.41) is 4.18. The van der Waals surface area contributed by atoms with E-state index in [4.69, 9.17) is 16.3 Å². The van der Waals surface area contributed by atoms with E-state index in [0.717, 1.165) is 48.7 Å². The van der Waals surface area contributed by atoms with Crippen molar-refractivity contribution in [3.05, 3.63) is 28.8 Å². The predicted molar refractivity (Wildman–Crippen MR) is 92.1 cm³/mol. The lowest BCUT2D eigenvalue weighted by molar-refractivity contribution is -0.134. The molecule has 0 spiro atoms. The van der Waals surface area contributed by atoms with Crippen molar-refractivity contribution in [3.63, 3.8) is 0 Å². The quantitative estimate of drug-likeness (QED) is 0.840. The van der Waals surface area contributed by atoms with Crippen LogP contribution in [0, 0.1) is 6.92 Å². The van der Waals surface area contributed by atoms with E-state index in [-0.39, 0.29) is 5.91 Å². The normalized spacial score (nSPS) is 23.7. The van der Waals surface area contributed by atoms with Crippen molar-refractivity contribution in [3.8, 4) is 5.75 Å². The first-order chi connectivity index (χ1) is 11.1. The standard InChI is InChI=1S/C18H25ClN2O2/c1-13-11-16(6-7-17(13)19)23-10-2-3-18(22)21-14-4-5-15(21)12-20-9-8-14/h6-7,11,14-15,20H,2-5,8-10,12H2,1H3. The van der Waals surface area contributed by atoms with Gasteiger partial charge in [-0.3, -0.25) is 4.79 Å². The second-order valence-electron chi connectivity index (χ2n) is 6.54. The van der Waals surface area contributed by atoms with Crippen LogP contribution in [0.1, 0.15) is 37.7 Å². The number of aryl methyl sites for hydroxylation is 1. The molecule has 2 heterocycles. The van der Waals surface area contributed by atoms with Crippen molar-refractivity contribution < 1.29 is 9.53 Å². The summed E-state index contributed by atoms with van der Waals surface area (Å²) in [4.78, 5) is 14.7. The van der Waals surface area contributed by atoms with Gasteiger partial charge in [0.25, 0.3) is 0 Å². The van der Waals surface area contributed by atoms with E-state index in [0.29, 0.717) is 25.1 Å². The van der Waals surface area contributed by atoms with Gasteiger partial charge in [0.15, 0.2) is 0 Å². The van der Waals surface area contributed by atoms with Gasteiger partial charge in [0, 0.05) is 30.1 Å². The Hall–Kier alpha value is -1.26. The van der Waals surface area contributed by atoms with E-state index in [2.05, 4.69) is 10.2 Å². The lowest BCUT2D eigenvalue weighted by Crippen LogP contribution is -2.42. The van der Waals surface area contributed by atoms with Crippen molar-refractivity contribution >= 4 is 17.5 Å². The van der Waals surface area contributed by atoms with Crippen LogP contribution < -0.4 is 10.1 Å². The van der Waals surface area contributed by atoms with Crippen LogP contribution in [0.5, 0.6) is 5.75 Å². The fourth-order valence-corrected chi connectivity index (χ4v) is 3.76. The molecule has 2 aliphatic heterocycles. The minimum Gasteiger partial charge on any atom is -0.494 e. The third kappa shape index (κ3) is 3.99. The summed E-state index contributed by atoms with van der Waals surface area (Å²) in [6, 6.07) is 6.50. The number of halogens is 1. The minimum absolute atomic E-state index is 0.289. The largest absolute Gasteiger partial charge is 0.494 e. The Morgan fingerprint density at radius 1 is 1.35 bits per heavy atom. The predicted octanol–water partition coefficient (Wildman–Crippen LogP) is 3.16. The topological polar surface area (TPSA) is 41.6 Å². The van der Waals surface area contributed by atoms with Crippen molar-refractivity contribution in [2.45, 2.75) is 51.1 Å². The van der Waals surface area contributed by atoms with Gasteiger partial charge in [-0.05, 0) is 62.9 Å². The first kappa shape index (κ1) is 16.6. The van der Waals surface area contributed by atoms with Crippen LogP contribution in [0.25, 0.3) is 0 Å². The van der Waals surface area contributed by atoms with Gasteiger partial charge in [0.05, 0.1) is 6.61 Å². The Labute approximate surface area is 143 Å². The Morgan fingerprint density at radius 2 is 2.17 bits per heavy atom. The number of nitrogens with zero attached hydrogens (tertiary/aromatic N) is 1. The summed E-state index contributed by atoms with van der Waals surface area (Å²) in [7, 11) is 0. The fraction of sp³-hybridized carbons (Fsp3) is 0.611. The Balaban J connectivity index is 1.45. The molecule has 2 saturated heterocycles. The maximum absolute atomic E-state index is 12.5. The number of hydrogen-bond donors (Lipinski definition) is 1. The molecule has 5 heteroatoms. The summed E-state index contributed by atoms with van der Waals surface area (Å²) < 4.78 is 5.73. The van der Waals surface area contributed by atoms with Gasteiger partial charge >= 0.3 is 0 Å². The molecule has 0 radical (unpaired) electrons. The first-order valence-electron chi connectivity index (χ1n) is 8.56. The summed E-state index contributed by atoms with van der Waals surface area (Å²) in [5.74, 6) is 1.11. The van der Waals surface area contributed by atoms with Crippen molar-refractivity contribution in [1.29, 1.82) is 0 Å². The van der Waals surface area contributed by atoms with E-state index >= 15 is 0 Å². The molecule has 2 atom stereocenters. The molecule has 0 aromatic heterocycles. The highest BCUT2D eigenvalue weighted by atomic mass is 35.5.